The van der Waals surface area contributed by atoms with Crippen molar-refractivity contribution in [1.82, 2.24) is 0 Å². The summed E-state index contributed by atoms with van der Waals surface area (Å²) < 4.78 is 35.3. The van der Waals surface area contributed by atoms with E-state index in [1.807, 2.05) is 6.92 Å². The molecule has 0 atom stereocenters. The van der Waals surface area contributed by atoms with Crippen LogP contribution >= 0.6 is 0 Å². The Balaban J connectivity index is 3.02. The third kappa shape index (κ3) is 2.82. The molecule has 3 nitrogen and oxygen atoms in total. The molecule has 0 amide bonds. The van der Waals surface area contributed by atoms with Gasteiger partial charge in [0.05, 0.1) is 12.3 Å². The first-order chi connectivity index (χ1) is 6.71. The van der Waals surface area contributed by atoms with Crippen LogP contribution in [0.1, 0.15) is 20.8 Å². The largest absolute Gasteiger partial charge is 0.297 e. The first kappa shape index (κ1) is 9.68. The second-order valence-electron chi connectivity index (χ2n) is 3.26. The topological polar surface area (TPSA) is 43.4 Å². The predicted molar refractivity (Wildman–Crippen MR) is 54.6 cm³/mol. The Labute approximate surface area is 86.2 Å². The summed E-state index contributed by atoms with van der Waals surface area (Å²) in [6.45, 7) is 4.61. The predicted octanol–water partition coefficient (Wildman–Crippen LogP) is 2.11. The molecule has 0 unspecified atom stereocenters. The van der Waals surface area contributed by atoms with Crippen LogP contribution in [0.2, 0.25) is 0 Å². The SMILES string of the molecule is [2H]C(C)(C)OS(=O)(=O)c1ccc(C)cc1. The molecule has 0 bridgehead atoms. The van der Waals surface area contributed by atoms with Crippen LogP contribution in [-0.4, -0.2) is 14.5 Å². The second kappa shape index (κ2) is 4.11. The highest BCUT2D eigenvalue weighted by Gasteiger charge is 2.16. The van der Waals surface area contributed by atoms with Crippen LogP contribution in [0.4, 0.5) is 0 Å². The van der Waals surface area contributed by atoms with Gasteiger partial charge < -0.3 is 0 Å². The highest BCUT2D eigenvalue weighted by molar-refractivity contribution is 7.86. The van der Waals surface area contributed by atoms with E-state index in [2.05, 4.69) is 4.18 Å². The maximum Gasteiger partial charge on any atom is 0.297 e. The molecule has 1 aromatic rings. The lowest BCUT2D eigenvalue weighted by Gasteiger charge is -2.08. The Kier molecular flexibility index (Phi) is 2.84. The Morgan fingerprint density at radius 2 is 1.79 bits per heavy atom. The fraction of sp³-hybridized carbons (Fsp3) is 0.400. The van der Waals surface area contributed by atoms with E-state index in [9.17, 15) is 8.42 Å². The summed E-state index contributed by atoms with van der Waals surface area (Å²) in [5, 5.41) is 0. The molecule has 4 heteroatoms. The van der Waals surface area contributed by atoms with Gasteiger partial charge in [0.25, 0.3) is 10.1 Å². The van der Waals surface area contributed by atoms with Gasteiger partial charge in [0.2, 0.25) is 0 Å². The molecule has 0 spiro atoms. The molecule has 14 heavy (non-hydrogen) atoms. The van der Waals surface area contributed by atoms with Gasteiger partial charge in [0, 0.05) is 0 Å². The molecule has 0 radical (unpaired) electrons. The fourth-order valence-corrected chi connectivity index (χ4v) is 1.98. The minimum atomic E-state index is -3.82. The molecule has 78 valence electrons. The maximum atomic E-state index is 11.6. The molecule has 0 N–H and O–H groups in total. The molecular weight excluding hydrogens is 200 g/mol. The third-order valence-corrected chi connectivity index (χ3v) is 2.99. The zero-order chi connectivity index (χ0) is 11.7. The molecule has 1 aromatic carbocycles. The van der Waals surface area contributed by atoms with Crippen molar-refractivity contribution in [2.45, 2.75) is 31.7 Å². The summed E-state index contributed by atoms with van der Waals surface area (Å²) >= 11 is 0. The molecule has 0 saturated carbocycles. The minimum absolute atomic E-state index is 0.0772. The van der Waals surface area contributed by atoms with Crippen molar-refractivity contribution in [3.63, 3.8) is 0 Å². The van der Waals surface area contributed by atoms with E-state index in [1.54, 1.807) is 12.1 Å². The summed E-state index contributed by atoms with van der Waals surface area (Å²) in [5.74, 6) is 0. The average molecular weight is 215 g/mol. The van der Waals surface area contributed by atoms with E-state index in [0.29, 0.717) is 0 Å². The quantitative estimate of drug-likeness (QED) is 0.725. The van der Waals surface area contributed by atoms with E-state index < -0.39 is 16.2 Å². The summed E-state index contributed by atoms with van der Waals surface area (Å²) in [4.78, 5) is 0.0772. The van der Waals surface area contributed by atoms with Crippen molar-refractivity contribution in [3.05, 3.63) is 29.8 Å². The molecular formula is C10H14O3S. The van der Waals surface area contributed by atoms with Gasteiger partial charge >= 0.3 is 0 Å². The summed E-state index contributed by atoms with van der Waals surface area (Å²) in [6.07, 6.45) is -1.45. The summed E-state index contributed by atoms with van der Waals surface area (Å²) in [5.41, 5.74) is 0.971. The van der Waals surface area contributed by atoms with Crippen LogP contribution in [0.15, 0.2) is 29.2 Å². The van der Waals surface area contributed by atoms with Gasteiger partial charge in [-0.2, -0.15) is 8.42 Å². The first-order valence-corrected chi connectivity index (χ1v) is 5.64. The summed E-state index contributed by atoms with van der Waals surface area (Å²) in [7, 11) is -3.82. The van der Waals surface area contributed by atoms with Crippen molar-refractivity contribution in [2.75, 3.05) is 0 Å². The standard InChI is InChI=1S/C10H14O3S/c1-8(2)13-14(11,12)10-6-4-9(3)5-7-10/h4-8H,1-3H3/i8D. The number of hydrogen-bond acceptors (Lipinski definition) is 3. The van der Waals surface area contributed by atoms with Crippen LogP contribution in [0, 0.1) is 6.92 Å². The minimum Gasteiger partial charge on any atom is -0.264 e. The lowest BCUT2D eigenvalue weighted by atomic mass is 10.2. The fourth-order valence-electron chi connectivity index (χ4n) is 0.972. The van der Waals surface area contributed by atoms with Gasteiger partial charge in [-0.25, -0.2) is 0 Å². The van der Waals surface area contributed by atoms with E-state index in [-0.39, 0.29) is 4.90 Å². The summed E-state index contributed by atoms with van der Waals surface area (Å²) in [6, 6.07) is 6.31. The highest BCUT2D eigenvalue weighted by atomic mass is 32.2. The molecule has 0 aliphatic heterocycles. The van der Waals surface area contributed by atoms with Crippen molar-refractivity contribution in [1.29, 1.82) is 0 Å². The lowest BCUT2D eigenvalue weighted by molar-refractivity contribution is 0.249. The second-order valence-corrected chi connectivity index (χ2v) is 4.81. The number of aryl methyl sites for hydroxylation is 1. The van der Waals surface area contributed by atoms with Gasteiger partial charge in [0.1, 0.15) is 0 Å². The highest BCUT2D eigenvalue weighted by Crippen LogP contribution is 2.14. The maximum absolute atomic E-state index is 11.6. The van der Waals surface area contributed by atoms with Gasteiger partial charge in [0.15, 0.2) is 0 Å². The van der Waals surface area contributed by atoms with E-state index in [4.69, 9.17) is 1.37 Å². The molecule has 1 rings (SSSR count). The number of benzene rings is 1. The van der Waals surface area contributed by atoms with Gasteiger partial charge in [-0.3, -0.25) is 4.18 Å². The van der Waals surface area contributed by atoms with Gasteiger partial charge in [-0.15, -0.1) is 0 Å². The van der Waals surface area contributed by atoms with Crippen LogP contribution in [0.25, 0.3) is 0 Å². The van der Waals surface area contributed by atoms with Crippen LogP contribution < -0.4 is 0 Å². The van der Waals surface area contributed by atoms with Crippen molar-refractivity contribution >= 4 is 10.1 Å². The monoisotopic (exact) mass is 215 g/mol. The van der Waals surface area contributed by atoms with Crippen LogP contribution in [0.3, 0.4) is 0 Å². The molecule has 0 aliphatic rings. The lowest BCUT2D eigenvalue weighted by Crippen LogP contribution is -2.12. The zero-order valence-electron chi connectivity index (χ0n) is 9.44. The van der Waals surface area contributed by atoms with Crippen molar-refractivity contribution in [3.8, 4) is 0 Å². The Morgan fingerprint density at radius 1 is 1.29 bits per heavy atom. The third-order valence-electron chi connectivity index (χ3n) is 1.59. The molecule has 0 fully saturated rings. The average Bonchev–Trinajstić information content (AvgIpc) is 2.00. The van der Waals surface area contributed by atoms with Gasteiger partial charge in [-0.1, -0.05) is 17.7 Å². The smallest absolute Gasteiger partial charge is 0.264 e. The molecule has 0 saturated heterocycles. The van der Waals surface area contributed by atoms with E-state index in [0.717, 1.165) is 5.56 Å². The van der Waals surface area contributed by atoms with E-state index >= 15 is 0 Å². The Morgan fingerprint density at radius 3 is 2.21 bits per heavy atom. The van der Waals surface area contributed by atoms with E-state index in [1.165, 1.54) is 26.0 Å². The van der Waals surface area contributed by atoms with Crippen LogP contribution in [0.5, 0.6) is 0 Å². The normalized spacial score (nSPS) is 13.8. The first-order valence-electron chi connectivity index (χ1n) is 4.73. The van der Waals surface area contributed by atoms with Crippen molar-refractivity contribution < 1.29 is 14.0 Å². The Hall–Kier alpha value is -0.870. The number of rotatable bonds is 3. The zero-order valence-corrected chi connectivity index (χ0v) is 9.26. The van der Waals surface area contributed by atoms with Crippen molar-refractivity contribution in [2.24, 2.45) is 0 Å². The van der Waals surface area contributed by atoms with Gasteiger partial charge in [-0.05, 0) is 32.9 Å². The molecule has 0 aliphatic carbocycles. The molecule has 0 heterocycles. The van der Waals surface area contributed by atoms with Crippen LogP contribution in [-0.2, 0) is 14.3 Å². The molecule has 0 aromatic heterocycles. The Bertz CT molecular complexity index is 429. The number of hydrogen-bond donors (Lipinski definition) is 0.